The molecule has 0 aliphatic heterocycles. The highest BCUT2D eigenvalue weighted by molar-refractivity contribution is 7.53. The number of benzene rings is 5. The van der Waals surface area contributed by atoms with Gasteiger partial charge in [-0.3, -0.25) is 0 Å². The highest BCUT2D eigenvalue weighted by Crippen LogP contribution is 2.49. The maximum Gasteiger partial charge on any atom is 0.442 e. The molecule has 11 nitrogen and oxygen atoms in total. The van der Waals surface area contributed by atoms with Crippen molar-refractivity contribution in [3.63, 3.8) is 0 Å². The van der Waals surface area contributed by atoms with Crippen LogP contribution < -0.4 is 9.26 Å². The molecule has 272 valence electrons. The maximum atomic E-state index is 14.7. The van der Waals surface area contributed by atoms with Crippen molar-refractivity contribution in [3.8, 4) is 22.6 Å². The third kappa shape index (κ3) is 7.96. The monoisotopic (exact) mass is 741 g/mol. The molecule has 53 heavy (non-hydrogen) atoms. The Kier molecular flexibility index (Phi) is 10.7. The van der Waals surface area contributed by atoms with Gasteiger partial charge in [0.15, 0.2) is 5.54 Å². The number of nitrogens with zero attached hydrogens (tertiary/aromatic N) is 3. The molecule has 2 atom stereocenters. The van der Waals surface area contributed by atoms with Gasteiger partial charge in [-0.25, -0.2) is 18.8 Å². The number of aromatic nitrogens is 3. The number of halogens is 2. The summed E-state index contributed by atoms with van der Waals surface area (Å²) in [5.41, 5.74) is 2.25. The zero-order valence-corrected chi connectivity index (χ0v) is 29.4. The molecule has 5 aromatic carbocycles. The Morgan fingerprint density at radius 1 is 0.849 bits per heavy atom. The van der Waals surface area contributed by atoms with E-state index in [9.17, 15) is 32.9 Å². The smallest absolute Gasteiger partial charge is 0.442 e. The molecule has 0 fully saturated rings. The first kappa shape index (κ1) is 36.9. The number of carbonyl (C=O) groups excluding carboxylic acids is 1. The van der Waals surface area contributed by atoms with Gasteiger partial charge in [0.2, 0.25) is 0 Å². The number of para-hydroxylation sites is 1. The van der Waals surface area contributed by atoms with Gasteiger partial charge in [0.1, 0.15) is 23.6 Å². The van der Waals surface area contributed by atoms with Crippen LogP contribution in [0.3, 0.4) is 0 Å². The number of ether oxygens (including phenoxy) is 2. The minimum absolute atomic E-state index is 0.0548. The number of rotatable bonds is 14. The SMILES string of the molecule is CC(C)Oc1ccc(C(=O)O)c(-c2ccc(COC(=O)C(Cc3ccc(OP(=O)(O)C(F)F)cc3)(c3ccccc3)n3nnc4ccccc43)cc2)c1. The van der Waals surface area contributed by atoms with Gasteiger partial charge in [-0.1, -0.05) is 84.1 Å². The van der Waals surface area contributed by atoms with E-state index in [0.29, 0.717) is 44.6 Å². The van der Waals surface area contributed by atoms with Crippen LogP contribution in [0, 0.1) is 0 Å². The predicted molar refractivity (Wildman–Crippen MR) is 192 cm³/mol. The Morgan fingerprint density at radius 2 is 1.49 bits per heavy atom. The number of hydrogen-bond donors (Lipinski definition) is 2. The van der Waals surface area contributed by atoms with Gasteiger partial charge in [0.25, 0.3) is 0 Å². The zero-order valence-electron chi connectivity index (χ0n) is 28.5. The van der Waals surface area contributed by atoms with E-state index in [4.69, 9.17) is 9.47 Å². The quantitative estimate of drug-likeness (QED) is 0.0828. The van der Waals surface area contributed by atoms with Crippen LogP contribution >= 0.6 is 7.60 Å². The summed E-state index contributed by atoms with van der Waals surface area (Å²) in [6.45, 7) is 3.59. The molecule has 0 spiro atoms. The summed E-state index contributed by atoms with van der Waals surface area (Å²) in [5.74, 6) is -1.50. The fraction of sp³-hybridized carbons (Fsp3) is 0.179. The standard InChI is InChI=1S/C39H34F2N3O8P/c1-25(2)51-31-20-21-32(36(45)46)33(22-31)28-16-12-27(13-17-28)24-50-37(47)39(29-8-4-3-5-9-29,44-35-11-7-6-10-34(35)42-43-44)23-26-14-18-30(19-15-26)52-53(48,49)38(40)41/h3-22,25,38H,23-24H2,1-2H3,(H,45,46)(H,48,49). The first-order chi connectivity index (χ1) is 25.4. The minimum atomic E-state index is -5.21. The zero-order chi connectivity index (χ0) is 37.8. The lowest BCUT2D eigenvalue weighted by atomic mass is 9.83. The Morgan fingerprint density at radius 3 is 2.15 bits per heavy atom. The molecule has 0 bridgehead atoms. The lowest BCUT2D eigenvalue weighted by Crippen LogP contribution is -2.47. The van der Waals surface area contributed by atoms with Crippen molar-refractivity contribution >= 4 is 30.6 Å². The van der Waals surface area contributed by atoms with Crippen molar-refractivity contribution in [2.75, 3.05) is 0 Å². The molecule has 6 aromatic rings. The number of aromatic carboxylic acids is 1. The van der Waals surface area contributed by atoms with Crippen molar-refractivity contribution in [3.05, 3.63) is 144 Å². The van der Waals surface area contributed by atoms with Crippen LogP contribution in [-0.4, -0.2) is 49.2 Å². The van der Waals surface area contributed by atoms with Gasteiger partial charge >= 0.3 is 25.7 Å². The van der Waals surface area contributed by atoms with Gasteiger partial charge in [-0.15, -0.1) is 5.10 Å². The summed E-state index contributed by atoms with van der Waals surface area (Å²) < 4.78 is 55.9. The fourth-order valence-corrected chi connectivity index (χ4v) is 6.44. The van der Waals surface area contributed by atoms with Crippen LogP contribution in [0.25, 0.3) is 22.2 Å². The van der Waals surface area contributed by atoms with Crippen LogP contribution in [0.5, 0.6) is 11.5 Å². The summed E-state index contributed by atoms with van der Waals surface area (Å²) in [5, 5.41) is 18.6. The predicted octanol–water partition coefficient (Wildman–Crippen LogP) is 8.10. The number of alkyl halides is 2. The number of fused-ring (bicyclic) bond motifs is 1. The van der Waals surface area contributed by atoms with Gasteiger partial charge in [0, 0.05) is 6.42 Å². The fourth-order valence-electron chi connectivity index (χ4n) is 5.94. The average molecular weight is 742 g/mol. The van der Waals surface area contributed by atoms with Gasteiger partial charge in [-0.05, 0) is 84.1 Å². The normalized spacial score (nSPS) is 13.7. The molecule has 1 heterocycles. The lowest BCUT2D eigenvalue weighted by molar-refractivity contribution is -0.154. The summed E-state index contributed by atoms with van der Waals surface area (Å²) in [6, 6.07) is 33.2. The van der Waals surface area contributed by atoms with E-state index in [2.05, 4.69) is 14.8 Å². The average Bonchev–Trinajstić information content (AvgIpc) is 3.58. The maximum absolute atomic E-state index is 14.7. The van der Waals surface area contributed by atoms with Gasteiger partial charge in [0.05, 0.1) is 17.2 Å². The lowest BCUT2D eigenvalue weighted by Gasteiger charge is -2.33. The van der Waals surface area contributed by atoms with Crippen molar-refractivity contribution in [2.24, 2.45) is 0 Å². The molecule has 0 saturated heterocycles. The van der Waals surface area contributed by atoms with Gasteiger partial charge in [-0.2, -0.15) is 8.78 Å². The van der Waals surface area contributed by atoms with Crippen LogP contribution in [0.15, 0.2) is 121 Å². The van der Waals surface area contributed by atoms with Gasteiger partial charge < -0.3 is 24.0 Å². The summed E-state index contributed by atoms with van der Waals surface area (Å²) >= 11 is 0. The summed E-state index contributed by atoms with van der Waals surface area (Å²) in [6.07, 6.45) is -3.75. The van der Waals surface area contributed by atoms with E-state index in [1.807, 2.05) is 13.8 Å². The van der Waals surface area contributed by atoms with Crippen LogP contribution in [0.1, 0.15) is 40.9 Å². The van der Waals surface area contributed by atoms with Crippen molar-refractivity contribution in [1.82, 2.24) is 15.0 Å². The molecular formula is C39H34F2N3O8P. The molecular weight excluding hydrogens is 707 g/mol. The molecule has 1 aromatic heterocycles. The van der Waals surface area contributed by atoms with Crippen LogP contribution in [0.4, 0.5) is 8.78 Å². The number of carbonyl (C=O) groups is 2. The minimum Gasteiger partial charge on any atom is -0.491 e. The van der Waals surface area contributed by atoms with E-state index in [1.54, 1.807) is 91.0 Å². The number of carboxylic acid groups (broad SMARTS) is 1. The van der Waals surface area contributed by atoms with Crippen molar-refractivity contribution < 1.29 is 46.9 Å². The Hall–Kier alpha value is -5.91. The van der Waals surface area contributed by atoms with Crippen LogP contribution in [0.2, 0.25) is 0 Å². The third-order valence-corrected chi connectivity index (χ3v) is 9.36. The molecule has 2 N–H and O–H groups in total. The Bertz CT molecular complexity index is 2280. The highest BCUT2D eigenvalue weighted by Gasteiger charge is 2.46. The molecule has 2 unspecified atom stereocenters. The van der Waals surface area contributed by atoms with E-state index < -0.39 is 31.2 Å². The number of esters is 1. The molecule has 0 aliphatic carbocycles. The molecule has 0 aliphatic rings. The largest absolute Gasteiger partial charge is 0.491 e. The first-order valence-electron chi connectivity index (χ1n) is 16.4. The van der Waals surface area contributed by atoms with Crippen molar-refractivity contribution in [2.45, 2.75) is 44.7 Å². The Balaban J connectivity index is 1.35. The van der Waals surface area contributed by atoms with E-state index >= 15 is 0 Å². The van der Waals surface area contributed by atoms with E-state index in [1.165, 1.54) is 35.0 Å². The summed E-state index contributed by atoms with van der Waals surface area (Å²) in [7, 11) is -5.21. The second-order valence-electron chi connectivity index (χ2n) is 12.4. The second-order valence-corrected chi connectivity index (χ2v) is 14.1. The topological polar surface area (TPSA) is 150 Å². The first-order valence-corrected chi connectivity index (χ1v) is 18.1. The van der Waals surface area contributed by atoms with E-state index in [-0.39, 0.29) is 30.4 Å². The van der Waals surface area contributed by atoms with Crippen molar-refractivity contribution in [1.29, 1.82) is 0 Å². The Labute approximate surface area is 302 Å². The molecule has 0 saturated carbocycles. The molecule has 14 heteroatoms. The molecule has 0 amide bonds. The highest BCUT2D eigenvalue weighted by atomic mass is 31.2. The summed E-state index contributed by atoms with van der Waals surface area (Å²) in [4.78, 5) is 36.2. The molecule has 6 rings (SSSR count). The third-order valence-electron chi connectivity index (χ3n) is 8.40. The molecule has 0 radical (unpaired) electrons. The number of carboxylic acids is 1. The van der Waals surface area contributed by atoms with E-state index in [0.717, 1.165) is 0 Å². The van der Waals surface area contributed by atoms with Crippen LogP contribution in [-0.2, 0) is 32.7 Å². The number of hydrogen-bond acceptors (Lipinski definition) is 8. The second kappa shape index (κ2) is 15.4.